The molecular formula is C11H10BrN3O2. The van der Waals surface area contributed by atoms with Gasteiger partial charge < -0.3 is 4.74 Å². The number of carbonyl (C=O) groups is 1. The molecule has 0 radical (unpaired) electrons. The average molecular weight is 296 g/mol. The fourth-order valence-electron chi connectivity index (χ4n) is 1.36. The molecule has 0 unspecified atom stereocenters. The first-order chi connectivity index (χ1) is 8.18. The number of aromatic nitrogens is 3. The third-order valence-corrected chi connectivity index (χ3v) is 2.70. The lowest BCUT2D eigenvalue weighted by Gasteiger charge is -2.05. The Hall–Kier alpha value is -1.69. The summed E-state index contributed by atoms with van der Waals surface area (Å²) in [4.78, 5) is 11.9. The van der Waals surface area contributed by atoms with Crippen LogP contribution in [0.1, 0.15) is 10.5 Å². The molecule has 2 rings (SSSR count). The molecule has 2 aromatic rings. The molecule has 0 aliphatic rings. The number of halogens is 1. The molecule has 0 spiro atoms. The zero-order chi connectivity index (χ0) is 12.3. The Morgan fingerprint density at radius 3 is 2.71 bits per heavy atom. The van der Waals surface area contributed by atoms with E-state index in [0.29, 0.717) is 16.0 Å². The molecule has 0 saturated carbocycles. The third kappa shape index (κ3) is 2.71. The van der Waals surface area contributed by atoms with E-state index >= 15 is 0 Å². The normalized spacial score (nSPS) is 10.2. The Bertz CT molecular complexity index is 505. The van der Waals surface area contributed by atoms with E-state index in [9.17, 15) is 4.79 Å². The number of nitrogens with zero attached hydrogens (tertiary/aromatic N) is 3. The topological polar surface area (TPSA) is 57.0 Å². The standard InChI is InChI=1S/C11H10BrN3O2/c1-15-10(11(12)13-14-15)9(16)7-17-8-5-3-2-4-6-8/h2-6H,7H2,1H3. The summed E-state index contributed by atoms with van der Waals surface area (Å²) >= 11 is 3.17. The van der Waals surface area contributed by atoms with Gasteiger partial charge >= 0.3 is 0 Å². The maximum atomic E-state index is 11.9. The van der Waals surface area contributed by atoms with Crippen LogP contribution >= 0.6 is 15.9 Å². The van der Waals surface area contributed by atoms with E-state index in [1.165, 1.54) is 4.68 Å². The third-order valence-electron chi connectivity index (χ3n) is 2.16. The van der Waals surface area contributed by atoms with Crippen LogP contribution in [0, 0.1) is 0 Å². The molecule has 0 aliphatic carbocycles. The van der Waals surface area contributed by atoms with Gasteiger partial charge in [0.25, 0.3) is 0 Å². The highest BCUT2D eigenvalue weighted by atomic mass is 79.9. The molecule has 0 bridgehead atoms. The molecule has 0 aliphatic heterocycles. The van der Waals surface area contributed by atoms with Gasteiger partial charge in [0.1, 0.15) is 11.4 Å². The largest absolute Gasteiger partial charge is 0.485 e. The van der Waals surface area contributed by atoms with Crippen molar-refractivity contribution in [3.63, 3.8) is 0 Å². The van der Waals surface area contributed by atoms with Gasteiger partial charge in [-0.05, 0) is 28.1 Å². The van der Waals surface area contributed by atoms with Crippen molar-refractivity contribution in [1.82, 2.24) is 15.0 Å². The summed E-state index contributed by atoms with van der Waals surface area (Å²) in [7, 11) is 1.66. The van der Waals surface area contributed by atoms with E-state index in [-0.39, 0.29) is 12.4 Å². The number of hydrogen-bond acceptors (Lipinski definition) is 4. The van der Waals surface area contributed by atoms with E-state index in [2.05, 4.69) is 26.2 Å². The SMILES string of the molecule is Cn1nnc(Br)c1C(=O)COc1ccccc1. The fraction of sp³-hybridized carbons (Fsp3) is 0.182. The van der Waals surface area contributed by atoms with Crippen molar-refractivity contribution in [3.8, 4) is 5.75 Å². The number of carbonyl (C=O) groups excluding carboxylic acids is 1. The van der Waals surface area contributed by atoms with E-state index in [4.69, 9.17) is 4.74 Å². The van der Waals surface area contributed by atoms with Crippen molar-refractivity contribution in [1.29, 1.82) is 0 Å². The Morgan fingerprint density at radius 2 is 2.12 bits per heavy atom. The fourth-order valence-corrected chi connectivity index (χ4v) is 1.91. The van der Waals surface area contributed by atoms with Gasteiger partial charge in [0.15, 0.2) is 11.2 Å². The predicted octanol–water partition coefficient (Wildman–Crippen LogP) is 1.84. The molecule has 0 saturated heterocycles. The monoisotopic (exact) mass is 295 g/mol. The first-order valence-electron chi connectivity index (χ1n) is 4.94. The van der Waals surface area contributed by atoms with Crippen LogP contribution in [0.4, 0.5) is 0 Å². The van der Waals surface area contributed by atoms with Gasteiger partial charge in [-0.2, -0.15) is 0 Å². The number of hydrogen-bond donors (Lipinski definition) is 0. The second-order valence-electron chi connectivity index (χ2n) is 3.38. The lowest BCUT2D eigenvalue weighted by atomic mass is 10.3. The van der Waals surface area contributed by atoms with E-state index in [0.717, 1.165) is 0 Å². The molecule has 0 fully saturated rings. The maximum Gasteiger partial charge on any atom is 0.220 e. The van der Waals surface area contributed by atoms with Crippen molar-refractivity contribution in [2.45, 2.75) is 0 Å². The second kappa shape index (κ2) is 5.09. The minimum absolute atomic E-state index is 0.0379. The van der Waals surface area contributed by atoms with Crippen LogP contribution < -0.4 is 4.74 Å². The van der Waals surface area contributed by atoms with Crippen LogP contribution in [0.3, 0.4) is 0 Å². The molecule has 1 aromatic heterocycles. The Labute approximate surface area is 107 Å². The predicted molar refractivity (Wildman–Crippen MR) is 65.0 cm³/mol. The minimum Gasteiger partial charge on any atom is -0.485 e. The molecule has 0 amide bonds. The Balaban J connectivity index is 2.04. The molecule has 6 heteroatoms. The summed E-state index contributed by atoms with van der Waals surface area (Å²) < 4.78 is 7.21. The van der Waals surface area contributed by atoms with E-state index < -0.39 is 0 Å². The number of rotatable bonds is 4. The average Bonchev–Trinajstić information content (AvgIpc) is 2.67. The smallest absolute Gasteiger partial charge is 0.220 e. The van der Waals surface area contributed by atoms with Crippen molar-refractivity contribution in [2.24, 2.45) is 7.05 Å². The minimum atomic E-state index is -0.173. The van der Waals surface area contributed by atoms with Gasteiger partial charge in [-0.15, -0.1) is 5.10 Å². The van der Waals surface area contributed by atoms with Gasteiger partial charge in [-0.1, -0.05) is 23.4 Å². The zero-order valence-corrected chi connectivity index (χ0v) is 10.7. The molecule has 0 atom stereocenters. The van der Waals surface area contributed by atoms with Crippen LogP contribution in [0.5, 0.6) is 5.75 Å². The van der Waals surface area contributed by atoms with E-state index in [1.807, 2.05) is 18.2 Å². The van der Waals surface area contributed by atoms with Gasteiger partial charge in [0, 0.05) is 7.05 Å². The van der Waals surface area contributed by atoms with Crippen LogP contribution in [0.15, 0.2) is 34.9 Å². The van der Waals surface area contributed by atoms with Crippen LogP contribution in [-0.2, 0) is 7.05 Å². The summed E-state index contributed by atoms with van der Waals surface area (Å²) in [5, 5.41) is 7.48. The molecule has 1 heterocycles. The summed E-state index contributed by atoms with van der Waals surface area (Å²) in [5.74, 6) is 0.486. The highest BCUT2D eigenvalue weighted by Crippen LogP contribution is 2.14. The molecule has 0 N–H and O–H groups in total. The van der Waals surface area contributed by atoms with Crippen molar-refractivity contribution in [2.75, 3.05) is 6.61 Å². The van der Waals surface area contributed by atoms with Gasteiger partial charge in [-0.3, -0.25) is 4.79 Å². The number of aryl methyl sites for hydroxylation is 1. The lowest BCUT2D eigenvalue weighted by Crippen LogP contribution is -2.15. The zero-order valence-electron chi connectivity index (χ0n) is 9.13. The second-order valence-corrected chi connectivity index (χ2v) is 4.13. The van der Waals surface area contributed by atoms with Crippen molar-refractivity contribution < 1.29 is 9.53 Å². The molecular weight excluding hydrogens is 286 g/mol. The molecule has 17 heavy (non-hydrogen) atoms. The highest BCUT2D eigenvalue weighted by molar-refractivity contribution is 9.10. The van der Waals surface area contributed by atoms with E-state index in [1.54, 1.807) is 19.2 Å². The maximum absolute atomic E-state index is 11.9. The van der Waals surface area contributed by atoms with Crippen LogP contribution in [0.2, 0.25) is 0 Å². The van der Waals surface area contributed by atoms with Crippen molar-refractivity contribution >= 4 is 21.7 Å². The van der Waals surface area contributed by atoms with Crippen LogP contribution in [0.25, 0.3) is 0 Å². The molecule has 5 nitrogen and oxygen atoms in total. The highest BCUT2D eigenvalue weighted by Gasteiger charge is 2.17. The van der Waals surface area contributed by atoms with Gasteiger partial charge in [0.05, 0.1) is 0 Å². The number of para-hydroxylation sites is 1. The summed E-state index contributed by atoms with van der Waals surface area (Å²) in [6.07, 6.45) is 0. The van der Waals surface area contributed by atoms with Crippen molar-refractivity contribution in [3.05, 3.63) is 40.6 Å². The van der Waals surface area contributed by atoms with Crippen LogP contribution in [-0.4, -0.2) is 27.4 Å². The summed E-state index contributed by atoms with van der Waals surface area (Å²) in [6, 6.07) is 9.17. The number of benzene rings is 1. The number of ether oxygens (including phenoxy) is 1. The Morgan fingerprint density at radius 1 is 1.41 bits per heavy atom. The lowest BCUT2D eigenvalue weighted by molar-refractivity contribution is 0.0911. The van der Waals surface area contributed by atoms with Gasteiger partial charge in [-0.25, -0.2) is 4.68 Å². The molecule has 1 aromatic carbocycles. The Kier molecular flexibility index (Phi) is 3.53. The summed E-state index contributed by atoms with van der Waals surface area (Å²) in [6.45, 7) is -0.0379. The summed E-state index contributed by atoms with van der Waals surface area (Å²) in [5.41, 5.74) is 0.404. The number of Topliss-reactive ketones (excluding diaryl/α,β-unsaturated/α-hetero) is 1. The first kappa shape index (κ1) is 11.8. The van der Waals surface area contributed by atoms with Gasteiger partial charge in [0.2, 0.25) is 5.78 Å². The number of ketones is 1. The molecule has 88 valence electrons. The quantitative estimate of drug-likeness (QED) is 0.808. The first-order valence-corrected chi connectivity index (χ1v) is 5.74.